The molecule has 2 aromatic rings. The summed E-state index contributed by atoms with van der Waals surface area (Å²) in [5.41, 5.74) is -3.77. The molecule has 1 N–H and O–H groups in total. The molecule has 11 heteroatoms. The van der Waals surface area contributed by atoms with E-state index in [9.17, 15) is 23.1 Å². The molecular formula is C20H24F3N3O4S. The highest BCUT2D eigenvalue weighted by Gasteiger charge is 2.55. The van der Waals surface area contributed by atoms with Crippen molar-refractivity contribution in [1.82, 2.24) is 15.1 Å². The Morgan fingerprint density at radius 2 is 1.87 bits per heavy atom. The summed E-state index contributed by atoms with van der Waals surface area (Å²) in [7, 11) is 0. The maximum Gasteiger partial charge on any atom is 0.419 e. The van der Waals surface area contributed by atoms with Crippen molar-refractivity contribution in [2.24, 2.45) is 0 Å². The van der Waals surface area contributed by atoms with Gasteiger partial charge in [-0.2, -0.15) is 13.2 Å². The molecule has 0 spiro atoms. The van der Waals surface area contributed by atoms with Crippen molar-refractivity contribution >= 4 is 17.4 Å². The topological polar surface area (TPSA) is 84.8 Å². The first-order valence-corrected chi connectivity index (χ1v) is 10.3. The third-order valence-corrected chi connectivity index (χ3v) is 5.97. The summed E-state index contributed by atoms with van der Waals surface area (Å²) < 4.78 is 50.8. The Labute approximate surface area is 181 Å². The van der Waals surface area contributed by atoms with Crippen LogP contribution in [0, 0.1) is 0 Å². The minimum atomic E-state index is -4.71. The second kappa shape index (κ2) is 7.33. The SMILES string of the molecule is CC(C)(C)OC(=O)N1C(C)(C)OCC1(C)c1nnc(-c2ccc(O)c(C(F)(F)F)c2)s1. The molecule has 2 heterocycles. The van der Waals surface area contributed by atoms with Gasteiger partial charge in [0.05, 0.1) is 12.2 Å². The number of benzene rings is 1. The summed E-state index contributed by atoms with van der Waals surface area (Å²) in [5.74, 6) is -0.866. The largest absolute Gasteiger partial charge is 0.507 e. The van der Waals surface area contributed by atoms with Crippen LogP contribution in [0.5, 0.6) is 5.75 Å². The van der Waals surface area contributed by atoms with Crippen molar-refractivity contribution in [3.8, 4) is 16.3 Å². The lowest BCUT2D eigenvalue weighted by molar-refractivity contribution is -0.138. The van der Waals surface area contributed by atoms with Gasteiger partial charge in [-0.1, -0.05) is 11.3 Å². The number of nitrogens with zero attached hydrogens (tertiary/aromatic N) is 3. The zero-order valence-electron chi connectivity index (χ0n) is 18.0. The Kier molecular flexibility index (Phi) is 5.50. The molecule has 1 aromatic heterocycles. The standard InChI is InChI=1S/C20H24F3N3O4S/c1-17(2,3)30-16(28)26-18(4,5)29-10-19(26,6)15-25-24-14(31-15)11-7-8-13(27)12(9-11)20(21,22)23/h7-9,27H,10H2,1-6H3. The van der Waals surface area contributed by atoms with E-state index in [0.717, 1.165) is 23.5 Å². The molecule has 0 saturated carbocycles. The highest BCUT2D eigenvalue weighted by molar-refractivity contribution is 7.14. The number of alkyl halides is 3. The van der Waals surface area contributed by atoms with Crippen LogP contribution in [0.25, 0.3) is 10.6 Å². The van der Waals surface area contributed by atoms with Crippen molar-refractivity contribution in [3.05, 3.63) is 28.8 Å². The lowest BCUT2D eigenvalue weighted by Gasteiger charge is -2.39. The van der Waals surface area contributed by atoms with Gasteiger partial charge in [0, 0.05) is 5.56 Å². The average molecular weight is 459 g/mol. The highest BCUT2D eigenvalue weighted by Crippen LogP contribution is 2.45. The van der Waals surface area contributed by atoms with Crippen molar-refractivity contribution in [2.45, 2.75) is 64.6 Å². The minimum absolute atomic E-state index is 0.108. The number of phenols is 1. The van der Waals surface area contributed by atoms with Crippen molar-refractivity contribution in [2.75, 3.05) is 6.61 Å². The number of halogens is 3. The van der Waals surface area contributed by atoms with Crippen LogP contribution >= 0.6 is 11.3 Å². The number of ether oxygens (including phenoxy) is 2. The molecule has 0 bridgehead atoms. The third-order valence-electron chi connectivity index (χ3n) is 4.75. The van der Waals surface area contributed by atoms with Crippen LogP contribution in [0.3, 0.4) is 0 Å². The third kappa shape index (κ3) is 4.47. The first-order valence-electron chi connectivity index (χ1n) is 9.46. The van der Waals surface area contributed by atoms with E-state index >= 15 is 0 Å². The monoisotopic (exact) mass is 459 g/mol. The first-order chi connectivity index (χ1) is 14.0. The molecule has 7 nitrogen and oxygen atoms in total. The van der Waals surface area contributed by atoms with Gasteiger partial charge in [0.1, 0.15) is 32.6 Å². The van der Waals surface area contributed by atoms with Crippen LogP contribution in [0.15, 0.2) is 18.2 Å². The van der Waals surface area contributed by atoms with E-state index in [1.165, 1.54) is 11.0 Å². The number of carbonyl (C=O) groups is 1. The van der Waals surface area contributed by atoms with Gasteiger partial charge in [-0.05, 0) is 59.7 Å². The summed E-state index contributed by atoms with van der Waals surface area (Å²) >= 11 is 1.05. The Balaban J connectivity index is 2.00. The van der Waals surface area contributed by atoms with E-state index < -0.39 is 40.4 Å². The van der Waals surface area contributed by atoms with Crippen LogP contribution < -0.4 is 0 Å². The van der Waals surface area contributed by atoms with Crippen molar-refractivity contribution in [3.63, 3.8) is 0 Å². The van der Waals surface area contributed by atoms with E-state index in [4.69, 9.17) is 9.47 Å². The fourth-order valence-electron chi connectivity index (χ4n) is 3.38. The molecule has 0 radical (unpaired) electrons. The summed E-state index contributed by atoms with van der Waals surface area (Å²) in [4.78, 5) is 14.4. The molecule has 1 fully saturated rings. The lowest BCUT2D eigenvalue weighted by Crippen LogP contribution is -2.54. The number of hydrogen-bond donors (Lipinski definition) is 1. The summed E-state index contributed by atoms with van der Waals surface area (Å²) in [6.45, 7) is 10.5. The fraction of sp³-hybridized carbons (Fsp3) is 0.550. The van der Waals surface area contributed by atoms with E-state index in [-0.39, 0.29) is 17.2 Å². The molecule has 1 saturated heterocycles. The number of aromatic nitrogens is 2. The molecule has 1 aliphatic rings. The Morgan fingerprint density at radius 3 is 2.45 bits per heavy atom. The van der Waals surface area contributed by atoms with E-state index in [2.05, 4.69) is 10.2 Å². The first kappa shape index (κ1) is 23.3. The molecule has 1 atom stereocenters. The molecule has 170 valence electrons. The number of phenolic OH excluding ortho intramolecular Hbond substituents is 1. The summed E-state index contributed by atoms with van der Waals surface area (Å²) in [5, 5.41) is 18.3. The normalized spacial score (nSPS) is 21.4. The average Bonchev–Trinajstić information content (AvgIpc) is 3.16. The Hall–Kier alpha value is -2.40. The van der Waals surface area contributed by atoms with Gasteiger partial charge in [-0.15, -0.1) is 10.2 Å². The lowest BCUT2D eigenvalue weighted by atomic mass is 10.0. The van der Waals surface area contributed by atoms with Gasteiger partial charge >= 0.3 is 12.3 Å². The molecule has 1 amide bonds. The van der Waals surface area contributed by atoms with Gasteiger partial charge in [-0.3, -0.25) is 4.90 Å². The summed E-state index contributed by atoms with van der Waals surface area (Å²) in [6, 6.07) is 3.12. The Bertz CT molecular complexity index is 1000. The number of rotatable bonds is 2. The fourth-order valence-corrected chi connectivity index (χ4v) is 4.34. The maximum absolute atomic E-state index is 13.1. The van der Waals surface area contributed by atoms with Crippen LogP contribution in [-0.2, 0) is 21.2 Å². The van der Waals surface area contributed by atoms with Gasteiger partial charge in [0.2, 0.25) is 0 Å². The quantitative estimate of drug-likeness (QED) is 0.669. The molecular weight excluding hydrogens is 435 g/mol. The zero-order valence-corrected chi connectivity index (χ0v) is 18.8. The number of carbonyl (C=O) groups excluding carboxylic acids is 1. The van der Waals surface area contributed by atoms with Crippen molar-refractivity contribution in [1.29, 1.82) is 0 Å². The number of aromatic hydroxyl groups is 1. The van der Waals surface area contributed by atoms with Gasteiger partial charge in [0.25, 0.3) is 0 Å². The molecule has 3 rings (SSSR count). The predicted molar refractivity (Wildman–Crippen MR) is 107 cm³/mol. The van der Waals surface area contributed by atoms with E-state index in [1.54, 1.807) is 41.5 Å². The molecule has 31 heavy (non-hydrogen) atoms. The second-order valence-corrected chi connectivity index (χ2v) is 9.94. The van der Waals surface area contributed by atoms with Gasteiger partial charge in [-0.25, -0.2) is 4.79 Å². The maximum atomic E-state index is 13.1. The van der Waals surface area contributed by atoms with Gasteiger partial charge in [0.15, 0.2) is 0 Å². The Morgan fingerprint density at radius 1 is 1.23 bits per heavy atom. The number of amides is 1. The van der Waals surface area contributed by atoms with Crippen molar-refractivity contribution < 1.29 is 32.5 Å². The molecule has 1 aliphatic heterocycles. The van der Waals surface area contributed by atoms with E-state index in [0.29, 0.717) is 5.01 Å². The van der Waals surface area contributed by atoms with Crippen LogP contribution in [0.1, 0.15) is 52.1 Å². The van der Waals surface area contributed by atoms with E-state index in [1.807, 2.05) is 0 Å². The highest BCUT2D eigenvalue weighted by atomic mass is 32.1. The van der Waals surface area contributed by atoms with Gasteiger partial charge < -0.3 is 14.6 Å². The number of hydrogen-bond acceptors (Lipinski definition) is 7. The molecule has 0 aliphatic carbocycles. The predicted octanol–water partition coefficient (Wildman–Crippen LogP) is 5.15. The van der Waals surface area contributed by atoms with Crippen LogP contribution in [-0.4, -0.2) is 44.2 Å². The van der Waals surface area contributed by atoms with Crippen LogP contribution in [0.4, 0.5) is 18.0 Å². The summed E-state index contributed by atoms with van der Waals surface area (Å²) in [6.07, 6.45) is -5.31. The smallest absolute Gasteiger partial charge is 0.419 e. The zero-order chi connectivity index (χ0) is 23.4. The molecule has 1 aromatic carbocycles. The van der Waals surface area contributed by atoms with Crippen LogP contribution in [0.2, 0.25) is 0 Å². The minimum Gasteiger partial charge on any atom is -0.507 e. The molecule has 1 unspecified atom stereocenters. The second-order valence-electron chi connectivity index (χ2n) is 8.97.